The van der Waals surface area contributed by atoms with Gasteiger partial charge in [-0.05, 0) is 29.7 Å². The van der Waals surface area contributed by atoms with Crippen LogP contribution in [-0.4, -0.2) is 18.9 Å². The molecule has 0 aliphatic heterocycles. The summed E-state index contributed by atoms with van der Waals surface area (Å²) in [5.74, 6) is -0.213. The van der Waals surface area contributed by atoms with Gasteiger partial charge in [0.05, 0.1) is 16.5 Å². The molecule has 26 heavy (non-hydrogen) atoms. The van der Waals surface area contributed by atoms with Crippen LogP contribution in [-0.2, 0) is 22.7 Å². The fraction of sp³-hybridized carbons (Fsp3) is 0.400. The summed E-state index contributed by atoms with van der Waals surface area (Å²) in [6.07, 6.45) is 0. The highest BCUT2D eigenvalue weighted by atomic mass is 32.1. The van der Waals surface area contributed by atoms with E-state index in [1.165, 1.54) is 11.3 Å². The smallest absolute Gasteiger partial charge is 0.261 e. The number of thiophene rings is 1. The lowest BCUT2D eigenvalue weighted by Gasteiger charge is -2.16. The van der Waals surface area contributed by atoms with Crippen molar-refractivity contribution >= 4 is 28.2 Å². The van der Waals surface area contributed by atoms with Crippen LogP contribution >= 0.6 is 11.3 Å². The summed E-state index contributed by atoms with van der Waals surface area (Å²) in [6.45, 7) is 8.37. The summed E-state index contributed by atoms with van der Waals surface area (Å²) < 4.78 is 5.20. The van der Waals surface area contributed by atoms with Gasteiger partial charge >= 0.3 is 0 Å². The third kappa shape index (κ3) is 5.16. The molecule has 0 saturated carbocycles. The van der Waals surface area contributed by atoms with E-state index in [4.69, 9.17) is 4.74 Å². The van der Waals surface area contributed by atoms with E-state index in [0.29, 0.717) is 23.0 Å². The largest absolute Gasteiger partial charge is 0.380 e. The summed E-state index contributed by atoms with van der Waals surface area (Å²) in [6, 6.07) is 9.69. The van der Waals surface area contributed by atoms with E-state index in [-0.39, 0.29) is 11.8 Å². The first-order valence-corrected chi connectivity index (χ1v) is 9.30. The van der Waals surface area contributed by atoms with Crippen LogP contribution in [0.4, 0.5) is 5.00 Å². The van der Waals surface area contributed by atoms with Gasteiger partial charge in [-0.2, -0.15) is 0 Å². The minimum absolute atomic E-state index is 0.0702. The van der Waals surface area contributed by atoms with E-state index in [2.05, 4.69) is 10.6 Å². The van der Waals surface area contributed by atoms with Gasteiger partial charge in [0, 0.05) is 19.1 Å². The van der Waals surface area contributed by atoms with Gasteiger partial charge in [0.2, 0.25) is 5.91 Å². The number of ether oxygens (including phenoxy) is 1. The molecule has 2 amide bonds. The summed E-state index contributed by atoms with van der Waals surface area (Å²) in [7, 11) is 1.65. The molecular formula is C20H26N2O3S. The predicted octanol–water partition coefficient (Wildman–Crippen LogP) is 4.12. The Kier molecular flexibility index (Phi) is 6.56. The Morgan fingerprint density at radius 3 is 2.42 bits per heavy atom. The minimum Gasteiger partial charge on any atom is -0.380 e. The van der Waals surface area contributed by atoms with Gasteiger partial charge in [-0.15, -0.1) is 11.3 Å². The normalized spacial score (nSPS) is 11.3. The molecule has 5 nitrogen and oxygen atoms in total. The second-order valence-electron chi connectivity index (χ2n) is 7.21. The van der Waals surface area contributed by atoms with E-state index in [0.717, 1.165) is 16.7 Å². The molecule has 0 saturated heterocycles. The van der Waals surface area contributed by atoms with Crippen molar-refractivity contribution in [3.8, 4) is 0 Å². The molecule has 1 aromatic carbocycles. The second-order valence-corrected chi connectivity index (χ2v) is 8.26. The van der Waals surface area contributed by atoms with Gasteiger partial charge in [-0.1, -0.05) is 45.0 Å². The van der Waals surface area contributed by atoms with Crippen LogP contribution in [0, 0.1) is 12.3 Å². The average molecular weight is 375 g/mol. The highest BCUT2D eigenvalue weighted by Gasteiger charge is 2.23. The van der Waals surface area contributed by atoms with Crippen molar-refractivity contribution in [2.45, 2.75) is 40.8 Å². The molecule has 0 aliphatic carbocycles. The first-order chi connectivity index (χ1) is 12.2. The Balaban J connectivity index is 2.05. The van der Waals surface area contributed by atoms with E-state index in [1.807, 2.05) is 58.0 Å². The lowest BCUT2D eigenvalue weighted by atomic mass is 9.96. The molecule has 1 heterocycles. The van der Waals surface area contributed by atoms with Crippen LogP contribution in [0.15, 0.2) is 30.3 Å². The number of amides is 2. The number of benzene rings is 1. The van der Waals surface area contributed by atoms with Gasteiger partial charge in [0.25, 0.3) is 5.91 Å². The van der Waals surface area contributed by atoms with E-state index < -0.39 is 5.41 Å². The number of aryl methyl sites for hydroxylation is 1. The quantitative estimate of drug-likeness (QED) is 0.799. The summed E-state index contributed by atoms with van der Waals surface area (Å²) in [5, 5.41) is 6.52. The minimum atomic E-state index is -0.481. The molecular weight excluding hydrogens is 348 g/mol. The van der Waals surface area contributed by atoms with Crippen LogP contribution < -0.4 is 10.6 Å². The molecule has 0 fully saturated rings. The monoisotopic (exact) mass is 374 g/mol. The van der Waals surface area contributed by atoms with Crippen LogP contribution in [0.5, 0.6) is 0 Å². The van der Waals surface area contributed by atoms with Crippen LogP contribution in [0.2, 0.25) is 0 Å². The molecule has 0 radical (unpaired) electrons. The molecule has 0 atom stereocenters. The number of hydrogen-bond acceptors (Lipinski definition) is 4. The molecule has 0 unspecified atom stereocenters. The zero-order valence-electron chi connectivity index (χ0n) is 15.9. The Labute approximate surface area is 158 Å². The lowest BCUT2D eigenvalue weighted by molar-refractivity contribution is -0.123. The molecule has 0 spiro atoms. The van der Waals surface area contributed by atoms with Gasteiger partial charge in [0.1, 0.15) is 0 Å². The lowest BCUT2D eigenvalue weighted by Crippen LogP contribution is -2.27. The summed E-state index contributed by atoms with van der Waals surface area (Å²) in [4.78, 5) is 25.3. The van der Waals surface area contributed by atoms with E-state index >= 15 is 0 Å². The topological polar surface area (TPSA) is 67.4 Å². The number of carbonyl (C=O) groups is 2. The van der Waals surface area contributed by atoms with Crippen molar-refractivity contribution in [2.24, 2.45) is 5.41 Å². The molecule has 2 aromatic rings. The average Bonchev–Trinajstić information content (AvgIpc) is 2.93. The second kappa shape index (κ2) is 8.47. The highest BCUT2D eigenvalue weighted by molar-refractivity contribution is 7.18. The van der Waals surface area contributed by atoms with Gasteiger partial charge < -0.3 is 15.4 Å². The Morgan fingerprint density at radius 1 is 1.15 bits per heavy atom. The van der Waals surface area contributed by atoms with Crippen LogP contribution in [0.25, 0.3) is 0 Å². The standard InChI is InChI=1S/C20H26N2O3S/c1-13-10-16(22-19(24)20(2,3)4)26-17(13)18(23)21-11-14-8-6-7-9-15(14)12-25-5/h6-10H,11-12H2,1-5H3,(H,21,23)(H,22,24). The summed E-state index contributed by atoms with van der Waals surface area (Å²) in [5.41, 5.74) is 2.45. The van der Waals surface area contributed by atoms with Crippen molar-refractivity contribution in [3.05, 3.63) is 51.9 Å². The molecule has 1 aromatic heterocycles. The van der Waals surface area contributed by atoms with E-state index in [9.17, 15) is 9.59 Å². The molecule has 2 N–H and O–H groups in total. The number of hydrogen-bond donors (Lipinski definition) is 2. The maximum absolute atomic E-state index is 12.6. The zero-order chi connectivity index (χ0) is 19.3. The molecule has 2 rings (SSSR count). The predicted molar refractivity (Wildman–Crippen MR) is 105 cm³/mol. The fourth-order valence-electron chi connectivity index (χ4n) is 2.35. The van der Waals surface area contributed by atoms with Crippen LogP contribution in [0.3, 0.4) is 0 Å². The third-order valence-corrected chi connectivity index (χ3v) is 5.05. The van der Waals surface area contributed by atoms with Gasteiger partial charge in [0.15, 0.2) is 0 Å². The van der Waals surface area contributed by atoms with E-state index in [1.54, 1.807) is 7.11 Å². The Hall–Kier alpha value is -2.18. The fourth-order valence-corrected chi connectivity index (χ4v) is 3.33. The SMILES string of the molecule is COCc1ccccc1CNC(=O)c1sc(NC(=O)C(C)(C)C)cc1C. The molecule has 140 valence electrons. The highest BCUT2D eigenvalue weighted by Crippen LogP contribution is 2.28. The number of methoxy groups -OCH3 is 1. The van der Waals surface area contributed by atoms with Crippen molar-refractivity contribution in [3.63, 3.8) is 0 Å². The number of rotatable bonds is 6. The number of nitrogens with one attached hydrogen (secondary N) is 2. The number of carbonyl (C=O) groups excluding carboxylic acids is 2. The maximum Gasteiger partial charge on any atom is 0.261 e. The van der Waals surface area contributed by atoms with Gasteiger partial charge in [-0.25, -0.2) is 0 Å². The number of anilines is 1. The summed E-state index contributed by atoms with van der Waals surface area (Å²) >= 11 is 1.29. The molecule has 6 heteroatoms. The Morgan fingerprint density at radius 2 is 1.81 bits per heavy atom. The van der Waals surface area contributed by atoms with Crippen molar-refractivity contribution in [1.82, 2.24) is 5.32 Å². The third-order valence-electron chi connectivity index (χ3n) is 3.90. The van der Waals surface area contributed by atoms with Crippen molar-refractivity contribution in [1.29, 1.82) is 0 Å². The van der Waals surface area contributed by atoms with Gasteiger partial charge in [-0.3, -0.25) is 9.59 Å². The zero-order valence-corrected chi connectivity index (χ0v) is 16.8. The van der Waals surface area contributed by atoms with Crippen molar-refractivity contribution in [2.75, 3.05) is 12.4 Å². The van der Waals surface area contributed by atoms with Crippen molar-refractivity contribution < 1.29 is 14.3 Å². The first-order valence-electron chi connectivity index (χ1n) is 8.48. The van der Waals surface area contributed by atoms with Crippen LogP contribution in [0.1, 0.15) is 47.1 Å². The Bertz CT molecular complexity index is 791. The molecule has 0 aliphatic rings. The first kappa shape index (κ1) is 20.1. The molecule has 0 bridgehead atoms. The maximum atomic E-state index is 12.6.